The first-order chi connectivity index (χ1) is 16.1. The van der Waals surface area contributed by atoms with Gasteiger partial charge in [0.25, 0.3) is 0 Å². The summed E-state index contributed by atoms with van der Waals surface area (Å²) in [7, 11) is 0. The molecule has 2 heterocycles. The van der Waals surface area contributed by atoms with E-state index in [-0.39, 0.29) is 24.3 Å². The molecule has 0 saturated carbocycles. The number of fused-ring (bicyclic) bond motifs is 1. The molecule has 1 aliphatic heterocycles. The summed E-state index contributed by atoms with van der Waals surface area (Å²) in [5, 5.41) is 7.19. The number of aromatic nitrogens is 1. The number of pyridine rings is 1. The lowest BCUT2D eigenvalue weighted by molar-refractivity contribution is -0.133. The van der Waals surface area contributed by atoms with Gasteiger partial charge in [0.05, 0.1) is 23.4 Å². The fourth-order valence-electron chi connectivity index (χ4n) is 4.24. The molecule has 2 amide bonds. The lowest BCUT2D eigenvalue weighted by atomic mass is 10.0. The largest absolute Gasteiger partial charge is 0.340 e. The van der Waals surface area contributed by atoms with Crippen LogP contribution >= 0.6 is 0 Å². The molecule has 7 nitrogen and oxygen atoms in total. The SMILES string of the molecule is NCC1CNC(C(=O)N(CCC(=O)Nc2cnc3ccccc3c2)CCc2ccccc2)C1. The summed E-state index contributed by atoms with van der Waals surface area (Å²) in [6.07, 6.45) is 3.37. The fraction of sp³-hybridized carbons (Fsp3) is 0.346. The van der Waals surface area contributed by atoms with Gasteiger partial charge >= 0.3 is 0 Å². The monoisotopic (exact) mass is 445 g/mol. The van der Waals surface area contributed by atoms with Crippen LogP contribution in [0.3, 0.4) is 0 Å². The van der Waals surface area contributed by atoms with Crippen molar-refractivity contribution in [1.82, 2.24) is 15.2 Å². The second-order valence-electron chi connectivity index (χ2n) is 8.57. The van der Waals surface area contributed by atoms with E-state index in [0.29, 0.717) is 31.2 Å². The molecule has 172 valence electrons. The first-order valence-corrected chi connectivity index (χ1v) is 11.5. The normalized spacial score (nSPS) is 17.7. The van der Waals surface area contributed by atoms with Crippen LogP contribution in [0.4, 0.5) is 5.69 Å². The molecule has 2 unspecified atom stereocenters. The number of para-hydroxylation sites is 1. The zero-order chi connectivity index (χ0) is 23.0. The molecule has 0 bridgehead atoms. The average Bonchev–Trinajstić information content (AvgIpc) is 3.34. The van der Waals surface area contributed by atoms with Crippen molar-refractivity contribution in [2.24, 2.45) is 11.7 Å². The van der Waals surface area contributed by atoms with Crippen molar-refractivity contribution in [2.45, 2.75) is 25.3 Å². The number of hydrogen-bond donors (Lipinski definition) is 3. The van der Waals surface area contributed by atoms with Gasteiger partial charge in [-0.3, -0.25) is 14.6 Å². The van der Waals surface area contributed by atoms with Crippen LogP contribution in [0.25, 0.3) is 10.9 Å². The highest BCUT2D eigenvalue weighted by atomic mass is 16.2. The van der Waals surface area contributed by atoms with Crippen molar-refractivity contribution >= 4 is 28.4 Å². The Bertz CT molecular complexity index is 1090. The van der Waals surface area contributed by atoms with Gasteiger partial charge in [-0.05, 0) is 49.5 Å². The van der Waals surface area contributed by atoms with Crippen molar-refractivity contribution in [2.75, 3.05) is 31.5 Å². The summed E-state index contributed by atoms with van der Waals surface area (Å²) in [6.45, 7) is 2.26. The molecule has 4 N–H and O–H groups in total. The maximum Gasteiger partial charge on any atom is 0.239 e. The predicted octanol–water partition coefficient (Wildman–Crippen LogP) is 2.57. The van der Waals surface area contributed by atoms with Crippen molar-refractivity contribution in [3.05, 3.63) is 72.4 Å². The highest BCUT2D eigenvalue weighted by Gasteiger charge is 2.31. The second-order valence-corrected chi connectivity index (χ2v) is 8.57. The number of carbonyl (C=O) groups is 2. The van der Waals surface area contributed by atoms with Crippen LogP contribution in [0.1, 0.15) is 18.4 Å². The second kappa shape index (κ2) is 11.0. The quantitative estimate of drug-likeness (QED) is 0.470. The number of nitrogens with two attached hydrogens (primary N) is 1. The Morgan fingerprint density at radius 1 is 1.09 bits per heavy atom. The van der Waals surface area contributed by atoms with Gasteiger partial charge in [0, 0.05) is 24.9 Å². The summed E-state index contributed by atoms with van der Waals surface area (Å²) >= 11 is 0. The maximum atomic E-state index is 13.2. The van der Waals surface area contributed by atoms with E-state index in [2.05, 4.69) is 27.8 Å². The van der Waals surface area contributed by atoms with Gasteiger partial charge in [-0.1, -0.05) is 48.5 Å². The third-order valence-corrected chi connectivity index (χ3v) is 6.16. The molecule has 0 aliphatic carbocycles. The van der Waals surface area contributed by atoms with E-state index in [9.17, 15) is 9.59 Å². The van der Waals surface area contributed by atoms with Crippen LogP contribution in [0.5, 0.6) is 0 Å². The summed E-state index contributed by atoms with van der Waals surface area (Å²) in [6, 6.07) is 19.5. The molecule has 1 aromatic heterocycles. The molecule has 0 spiro atoms. The fourth-order valence-corrected chi connectivity index (χ4v) is 4.24. The Kier molecular flexibility index (Phi) is 7.65. The Morgan fingerprint density at radius 3 is 2.67 bits per heavy atom. The third kappa shape index (κ3) is 6.15. The molecule has 0 radical (unpaired) electrons. The van der Waals surface area contributed by atoms with E-state index in [4.69, 9.17) is 5.73 Å². The molecule has 1 fully saturated rings. The molecular formula is C26H31N5O2. The molecule has 1 aliphatic rings. The summed E-state index contributed by atoms with van der Waals surface area (Å²) in [5.74, 6) is 0.226. The maximum absolute atomic E-state index is 13.2. The average molecular weight is 446 g/mol. The van der Waals surface area contributed by atoms with Gasteiger partial charge in [0.15, 0.2) is 0 Å². The van der Waals surface area contributed by atoms with E-state index in [1.54, 1.807) is 6.20 Å². The van der Waals surface area contributed by atoms with E-state index in [1.165, 1.54) is 5.56 Å². The Balaban J connectivity index is 1.37. The molecule has 2 aromatic carbocycles. The Hall–Kier alpha value is -3.29. The van der Waals surface area contributed by atoms with E-state index in [0.717, 1.165) is 30.3 Å². The third-order valence-electron chi connectivity index (χ3n) is 6.16. The molecule has 7 heteroatoms. The van der Waals surface area contributed by atoms with Gasteiger partial charge in [-0.15, -0.1) is 0 Å². The van der Waals surface area contributed by atoms with Gasteiger partial charge in [0.2, 0.25) is 11.8 Å². The topological polar surface area (TPSA) is 100 Å². The summed E-state index contributed by atoms with van der Waals surface area (Å²) in [4.78, 5) is 32.1. The van der Waals surface area contributed by atoms with Gasteiger partial charge in [-0.2, -0.15) is 0 Å². The minimum absolute atomic E-state index is 0.0436. The summed E-state index contributed by atoms with van der Waals surface area (Å²) < 4.78 is 0. The lowest BCUT2D eigenvalue weighted by Gasteiger charge is -2.26. The van der Waals surface area contributed by atoms with Crippen LogP contribution in [0, 0.1) is 5.92 Å². The zero-order valence-electron chi connectivity index (χ0n) is 18.7. The molecule has 33 heavy (non-hydrogen) atoms. The van der Waals surface area contributed by atoms with Crippen LogP contribution in [0.2, 0.25) is 0 Å². The summed E-state index contributed by atoms with van der Waals surface area (Å²) in [5.41, 5.74) is 8.50. The molecule has 4 rings (SSSR count). The highest BCUT2D eigenvalue weighted by Crippen LogP contribution is 2.17. The number of anilines is 1. The van der Waals surface area contributed by atoms with Gasteiger partial charge < -0.3 is 21.3 Å². The number of carbonyl (C=O) groups excluding carboxylic acids is 2. The van der Waals surface area contributed by atoms with Crippen molar-refractivity contribution < 1.29 is 9.59 Å². The zero-order valence-corrected chi connectivity index (χ0v) is 18.7. The van der Waals surface area contributed by atoms with Crippen LogP contribution < -0.4 is 16.4 Å². The van der Waals surface area contributed by atoms with E-state index >= 15 is 0 Å². The van der Waals surface area contributed by atoms with Gasteiger partial charge in [-0.25, -0.2) is 0 Å². The molecule has 2 atom stereocenters. The smallest absolute Gasteiger partial charge is 0.239 e. The minimum Gasteiger partial charge on any atom is -0.340 e. The molecule has 3 aromatic rings. The number of amides is 2. The number of nitrogens with one attached hydrogen (secondary N) is 2. The number of benzene rings is 2. The Morgan fingerprint density at radius 2 is 1.88 bits per heavy atom. The Labute approximate surface area is 194 Å². The van der Waals surface area contributed by atoms with Crippen LogP contribution in [-0.2, 0) is 16.0 Å². The standard InChI is InChI=1S/C26H31N5O2/c27-16-20-14-24(28-17-20)26(33)31(12-10-19-6-2-1-3-7-19)13-11-25(32)30-22-15-21-8-4-5-9-23(21)29-18-22/h1-9,15,18,20,24,28H,10-14,16-17,27H2,(H,30,32). The van der Waals surface area contributed by atoms with Crippen molar-refractivity contribution in [1.29, 1.82) is 0 Å². The number of rotatable bonds is 9. The van der Waals surface area contributed by atoms with Crippen molar-refractivity contribution in [3.8, 4) is 0 Å². The first-order valence-electron chi connectivity index (χ1n) is 11.5. The van der Waals surface area contributed by atoms with E-state index in [1.807, 2.05) is 53.4 Å². The number of nitrogens with zero attached hydrogens (tertiary/aromatic N) is 2. The van der Waals surface area contributed by atoms with Gasteiger partial charge in [0.1, 0.15) is 0 Å². The highest BCUT2D eigenvalue weighted by molar-refractivity contribution is 5.93. The molecule has 1 saturated heterocycles. The minimum atomic E-state index is -0.234. The van der Waals surface area contributed by atoms with Crippen LogP contribution in [-0.4, -0.2) is 53.9 Å². The molecular weight excluding hydrogens is 414 g/mol. The number of hydrogen-bond acceptors (Lipinski definition) is 5. The lowest BCUT2D eigenvalue weighted by Crippen LogP contribution is -2.45. The predicted molar refractivity (Wildman–Crippen MR) is 131 cm³/mol. The van der Waals surface area contributed by atoms with Crippen molar-refractivity contribution in [3.63, 3.8) is 0 Å². The first kappa shape index (κ1) is 22.9. The van der Waals surface area contributed by atoms with Crippen LogP contribution in [0.15, 0.2) is 66.9 Å². The van der Waals surface area contributed by atoms with E-state index < -0.39 is 0 Å².